The standard InChI is InChI=1S/C51H86O25/c1-19(18-68-45-40(64)37(61)33(57)27(14-52)70-45)7-10-51(67)20(2)32-26(76-51)12-25-23-6-5-21-11-22(8-9-49(21,3)24(23)13-31(56)50(25,32)4)69-48-44(75-47-42(66)39(63)35(59)29(16-54)72-47)43(36(60)30(17-55)73-48)74-46-41(65)38(62)34(58)28(15-53)71-46/h19-48,52-67H,5-18H2,1-4H3/t19-,20+,21-,22+,23-,24+,25+,26+,27-,28-,29-,30-,31-,32+,33+,34+,35+,36+,37+,38+,39+,40-,41-,42-,43+,44-,45-,46+,47+,48-,49+,50-,51-/m1/s1. The van der Waals surface area contributed by atoms with Crippen molar-refractivity contribution in [2.75, 3.05) is 33.0 Å². The van der Waals surface area contributed by atoms with Gasteiger partial charge in [-0.25, -0.2) is 0 Å². The Balaban J connectivity index is 0.865. The van der Waals surface area contributed by atoms with E-state index >= 15 is 0 Å². The predicted molar refractivity (Wildman–Crippen MR) is 253 cm³/mol. The Labute approximate surface area is 441 Å². The Kier molecular flexibility index (Phi) is 18.3. The molecule has 9 fully saturated rings. The van der Waals surface area contributed by atoms with Gasteiger partial charge in [0.2, 0.25) is 0 Å². The van der Waals surface area contributed by atoms with Gasteiger partial charge in [-0.3, -0.25) is 0 Å². The SMILES string of the molecule is C[C@H](CC[C@@]1(O)O[C@H]2C[C@H]3[C@@H]4CC[C@@H]5C[C@@H](O[C@@H]6O[C@H](CO)[C@H](O)[C@H](O[C@@H]7O[C@H](CO)[C@H](O)[C@H](O)[C@H]7O)[C@H]6O[C@@H]6O[C@H](CO)[C@H](O)[C@H](O)[C@H]6O)CC[C@]5(C)[C@H]4C[C@@H](O)[C@]3(C)[C@H]2[C@@H]1C)CO[C@@H]1O[C@H](CO)[C@H](O)[C@H](O)[C@H]1O. The fourth-order valence-corrected chi connectivity index (χ4v) is 15.6. The second-order valence-electron chi connectivity index (χ2n) is 24.3. The van der Waals surface area contributed by atoms with Gasteiger partial charge in [0.1, 0.15) is 97.7 Å². The van der Waals surface area contributed by atoms with Gasteiger partial charge >= 0.3 is 0 Å². The third-order valence-electron chi connectivity index (χ3n) is 20.2. The Morgan fingerprint density at radius 2 is 1.07 bits per heavy atom. The maximum absolute atomic E-state index is 12.4. The van der Waals surface area contributed by atoms with Gasteiger partial charge in [-0.2, -0.15) is 0 Å². The monoisotopic (exact) mass is 1100 g/mol. The lowest BCUT2D eigenvalue weighted by atomic mass is 9.43. The van der Waals surface area contributed by atoms with E-state index < -0.39 is 173 Å². The van der Waals surface area contributed by atoms with E-state index in [1.807, 2.05) is 13.8 Å². The first kappa shape index (κ1) is 59.6. The van der Waals surface area contributed by atoms with Crippen LogP contribution in [0.5, 0.6) is 0 Å². The summed E-state index contributed by atoms with van der Waals surface area (Å²) in [6.07, 6.45) is -28.6. The quantitative estimate of drug-likeness (QED) is 0.0644. The zero-order chi connectivity index (χ0) is 55.1. The van der Waals surface area contributed by atoms with E-state index in [-0.39, 0.29) is 66.0 Å². The van der Waals surface area contributed by atoms with Crippen LogP contribution in [0.1, 0.15) is 85.5 Å². The summed E-state index contributed by atoms with van der Waals surface area (Å²) < 4.78 is 54.4. The van der Waals surface area contributed by atoms with E-state index in [1.165, 1.54) is 0 Å². The molecule has 33 atom stereocenters. The normalized spacial score (nSPS) is 55.8. The fraction of sp³-hybridized carbons (Fsp3) is 1.00. The summed E-state index contributed by atoms with van der Waals surface area (Å²) in [7, 11) is 0. The van der Waals surface area contributed by atoms with Crippen molar-refractivity contribution in [1.29, 1.82) is 0 Å². The van der Waals surface area contributed by atoms with E-state index in [0.29, 0.717) is 38.5 Å². The van der Waals surface area contributed by atoms with E-state index in [0.717, 1.165) is 12.8 Å². The number of aliphatic hydroxyl groups is 16. The molecule has 25 heteroatoms. The minimum absolute atomic E-state index is 0.0985. The molecule has 0 aromatic carbocycles. The Hall–Kier alpha value is -1.00. The van der Waals surface area contributed by atoms with Crippen molar-refractivity contribution >= 4 is 0 Å². The maximum atomic E-state index is 12.4. The lowest BCUT2D eigenvalue weighted by molar-refractivity contribution is -0.396. The topological polar surface area (TPSA) is 407 Å². The molecule has 5 aliphatic heterocycles. The molecular formula is C51H86O25. The number of aliphatic hydroxyl groups excluding tert-OH is 15. The summed E-state index contributed by atoms with van der Waals surface area (Å²) in [5.41, 5.74) is -0.782. The van der Waals surface area contributed by atoms with Crippen molar-refractivity contribution in [1.82, 2.24) is 0 Å². The zero-order valence-electron chi connectivity index (χ0n) is 43.5. The van der Waals surface area contributed by atoms with Crippen LogP contribution in [0, 0.1) is 52.3 Å². The zero-order valence-corrected chi connectivity index (χ0v) is 43.5. The third kappa shape index (κ3) is 10.5. The maximum Gasteiger partial charge on any atom is 0.187 e. The molecule has 25 nitrogen and oxygen atoms in total. The molecular weight excluding hydrogens is 1010 g/mol. The fourth-order valence-electron chi connectivity index (χ4n) is 15.6. The van der Waals surface area contributed by atoms with Crippen LogP contribution in [0.3, 0.4) is 0 Å². The Bertz CT molecular complexity index is 1910. The molecule has 4 saturated carbocycles. The van der Waals surface area contributed by atoms with Crippen molar-refractivity contribution in [3.63, 3.8) is 0 Å². The van der Waals surface area contributed by atoms with Gasteiger partial charge in [0, 0.05) is 23.7 Å². The minimum Gasteiger partial charge on any atom is -0.394 e. The molecule has 9 rings (SSSR count). The molecule has 5 saturated heterocycles. The van der Waals surface area contributed by atoms with Crippen LogP contribution in [0.2, 0.25) is 0 Å². The van der Waals surface area contributed by atoms with Crippen LogP contribution >= 0.6 is 0 Å². The second kappa shape index (κ2) is 23.3. The molecule has 0 aromatic rings. The average Bonchev–Trinajstić information content (AvgIpc) is 3.90. The third-order valence-corrected chi connectivity index (χ3v) is 20.2. The summed E-state index contributed by atoms with van der Waals surface area (Å²) in [6, 6.07) is 0. The van der Waals surface area contributed by atoms with Gasteiger partial charge in [-0.05, 0) is 86.4 Å². The van der Waals surface area contributed by atoms with Crippen LogP contribution in [0.4, 0.5) is 0 Å². The molecule has 0 amide bonds. The summed E-state index contributed by atoms with van der Waals surface area (Å²) in [4.78, 5) is 0. The van der Waals surface area contributed by atoms with E-state index in [1.54, 1.807) is 0 Å². The van der Waals surface area contributed by atoms with Crippen molar-refractivity contribution in [3.05, 3.63) is 0 Å². The Morgan fingerprint density at radius 1 is 0.553 bits per heavy atom. The number of hydrogen-bond acceptors (Lipinski definition) is 25. The molecule has 5 heterocycles. The van der Waals surface area contributed by atoms with Gasteiger partial charge in [0.25, 0.3) is 0 Å². The predicted octanol–water partition coefficient (Wildman–Crippen LogP) is -4.98. The highest BCUT2D eigenvalue weighted by Crippen LogP contribution is 2.71. The van der Waals surface area contributed by atoms with Gasteiger partial charge in [0.15, 0.2) is 30.9 Å². The largest absolute Gasteiger partial charge is 0.394 e. The lowest BCUT2D eigenvalue weighted by Crippen LogP contribution is -2.67. The molecule has 0 spiro atoms. The number of ether oxygens (including phenoxy) is 9. The number of rotatable bonds is 16. The molecule has 4 aliphatic carbocycles. The van der Waals surface area contributed by atoms with Gasteiger partial charge in [-0.1, -0.05) is 27.7 Å². The Morgan fingerprint density at radius 3 is 1.63 bits per heavy atom. The summed E-state index contributed by atoms with van der Waals surface area (Å²) >= 11 is 0. The summed E-state index contributed by atoms with van der Waals surface area (Å²) in [5.74, 6) is -1.45. The van der Waals surface area contributed by atoms with Gasteiger partial charge < -0.3 is 124 Å². The molecule has 16 N–H and O–H groups in total. The molecule has 0 radical (unpaired) electrons. The highest BCUT2D eigenvalue weighted by atomic mass is 16.8. The first-order valence-corrected chi connectivity index (χ1v) is 27.5. The van der Waals surface area contributed by atoms with Crippen molar-refractivity contribution in [3.8, 4) is 0 Å². The molecule has 0 bridgehead atoms. The molecule has 9 aliphatic rings. The number of hydrogen-bond donors (Lipinski definition) is 16. The molecule has 76 heavy (non-hydrogen) atoms. The van der Waals surface area contributed by atoms with Crippen LogP contribution in [0.15, 0.2) is 0 Å². The van der Waals surface area contributed by atoms with E-state index in [4.69, 9.17) is 42.6 Å². The molecule has 440 valence electrons. The van der Waals surface area contributed by atoms with Crippen LogP contribution < -0.4 is 0 Å². The van der Waals surface area contributed by atoms with E-state index in [9.17, 15) is 81.7 Å². The molecule has 0 aromatic heterocycles. The van der Waals surface area contributed by atoms with Crippen LogP contribution in [-0.4, -0.2) is 262 Å². The lowest BCUT2D eigenvalue weighted by Gasteiger charge is -2.62. The van der Waals surface area contributed by atoms with Crippen LogP contribution in [-0.2, 0) is 42.6 Å². The minimum atomic E-state index is -1.93. The first-order valence-electron chi connectivity index (χ1n) is 27.5. The average molecular weight is 1100 g/mol. The van der Waals surface area contributed by atoms with Crippen molar-refractivity contribution in [2.24, 2.45) is 52.3 Å². The number of fused-ring (bicyclic) bond motifs is 7. The van der Waals surface area contributed by atoms with Gasteiger partial charge in [0.05, 0.1) is 51.3 Å². The highest BCUT2D eigenvalue weighted by Gasteiger charge is 2.71. The summed E-state index contributed by atoms with van der Waals surface area (Å²) in [6.45, 7) is 5.52. The van der Waals surface area contributed by atoms with Crippen LogP contribution in [0.25, 0.3) is 0 Å². The van der Waals surface area contributed by atoms with E-state index in [2.05, 4.69) is 13.8 Å². The van der Waals surface area contributed by atoms with Crippen molar-refractivity contribution < 1.29 is 124 Å². The summed E-state index contributed by atoms with van der Waals surface area (Å²) in [5, 5.41) is 171. The highest BCUT2D eigenvalue weighted by molar-refractivity contribution is 5.18. The smallest absolute Gasteiger partial charge is 0.187 e. The molecule has 0 unspecified atom stereocenters. The second-order valence-corrected chi connectivity index (χ2v) is 24.3. The first-order chi connectivity index (χ1) is 35.9. The van der Waals surface area contributed by atoms with Crippen molar-refractivity contribution in [2.45, 2.75) is 232 Å². The van der Waals surface area contributed by atoms with Gasteiger partial charge in [-0.15, -0.1) is 0 Å².